The molecule has 0 unspecified atom stereocenters. The first-order chi connectivity index (χ1) is 13.1. The lowest BCUT2D eigenvalue weighted by atomic mass is 10.2. The quantitative estimate of drug-likeness (QED) is 0.647. The smallest absolute Gasteiger partial charge is 0.331 e. The Kier molecular flexibility index (Phi) is 5.70. The molecule has 0 bridgehead atoms. The minimum Gasteiger partial charge on any atom is -0.486 e. The minimum atomic E-state index is -0.647. The number of anilines is 1. The number of carbonyl (C=O) groups is 2. The van der Waals surface area contributed by atoms with Gasteiger partial charge in [0.25, 0.3) is 5.91 Å². The molecule has 0 fully saturated rings. The molecular weight excluding hydrogens is 348 g/mol. The van der Waals surface area contributed by atoms with Crippen LogP contribution in [0.4, 0.5) is 5.69 Å². The van der Waals surface area contributed by atoms with Crippen molar-refractivity contribution >= 4 is 23.6 Å². The summed E-state index contributed by atoms with van der Waals surface area (Å²) in [5.74, 6) is 0.144. The summed E-state index contributed by atoms with van der Waals surface area (Å²) in [4.78, 5) is 23.6. The zero-order valence-corrected chi connectivity index (χ0v) is 14.3. The van der Waals surface area contributed by atoms with Crippen molar-refractivity contribution in [2.24, 2.45) is 0 Å². The van der Waals surface area contributed by atoms with Crippen LogP contribution in [0, 0.1) is 11.3 Å². The van der Waals surface area contributed by atoms with Crippen LogP contribution in [-0.2, 0) is 14.3 Å². The van der Waals surface area contributed by atoms with Gasteiger partial charge in [0.1, 0.15) is 13.2 Å². The maximum atomic E-state index is 11.8. The molecule has 2 aromatic rings. The first-order valence-electron chi connectivity index (χ1n) is 8.18. The van der Waals surface area contributed by atoms with Gasteiger partial charge in [-0.05, 0) is 42.0 Å². The second-order valence-electron chi connectivity index (χ2n) is 5.58. The van der Waals surface area contributed by atoms with E-state index in [9.17, 15) is 9.59 Å². The van der Waals surface area contributed by atoms with Gasteiger partial charge in [0.2, 0.25) is 0 Å². The van der Waals surface area contributed by atoms with Crippen LogP contribution in [0.15, 0.2) is 48.5 Å². The standard InChI is InChI=1S/C20H16N2O5/c21-12-15-2-1-3-16(10-15)22-19(23)13-27-20(24)7-5-14-4-6-17-18(11-14)26-9-8-25-17/h1-7,10-11H,8-9,13H2,(H,22,23)/b7-5+. The van der Waals surface area contributed by atoms with Gasteiger partial charge < -0.3 is 19.5 Å². The largest absolute Gasteiger partial charge is 0.486 e. The predicted molar refractivity (Wildman–Crippen MR) is 97.2 cm³/mol. The van der Waals surface area contributed by atoms with Gasteiger partial charge in [0.05, 0.1) is 11.6 Å². The normalized spacial score (nSPS) is 12.3. The highest BCUT2D eigenvalue weighted by Crippen LogP contribution is 2.31. The van der Waals surface area contributed by atoms with Crippen LogP contribution in [0.25, 0.3) is 6.08 Å². The summed E-state index contributed by atoms with van der Waals surface area (Å²) >= 11 is 0. The molecule has 0 aliphatic carbocycles. The maximum Gasteiger partial charge on any atom is 0.331 e. The average Bonchev–Trinajstić information content (AvgIpc) is 2.70. The summed E-state index contributed by atoms with van der Waals surface area (Å²) in [6.07, 6.45) is 2.80. The predicted octanol–water partition coefficient (Wildman–Crippen LogP) is 2.52. The third kappa shape index (κ3) is 5.09. The van der Waals surface area contributed by atoms with Gasteiger partial charge in [-0.3, -0.25) is 4.79 Å². The van der Waals surface area contributed by atoms with E-state index in [4.69, 9.17) is 19.5 Å². The fourth-order valence-corrected chi connectivity index (χ4v) is 2.38. The Bertz CT molecular complexity index is 930. The van der Waals surface area contributed by atoms with E-state index in [0.29, 0.717) is 36.0 Å². The zero-order valence-electron chi connectivity index (χ0n) is 14.3. The van der Waals surface area contributed by atoms with E-state index in [0.717, 1.165) is 5.56 Å². The minimum absolute atomic E-state index is 0.423. The van der Waals surface area contributed by atoms with Gasteiger partial charge in [-0.25, -0.2) is 4.79 Å². The number of ether oxygens (including phenoxy) is 3. The molecule has 0 saturated heterocycles. The van der Waals surface area contributed by atoms with Crippen LogP contribution in [-0.4, -0.2) is 31.7 Å². The highest BCUT2D eigenvalue weighted by atomic mass is 16.6. The molecule has 7 heteroatoms. The lowest BCUT2D eigenvalue weighted by Crippen LogP contribution is -2.20. The maximum absolute atomic E-state index is 11.8. The molecule has 136 valence electrons. The molecule has 7 nitrogen and oxygen atoms in total. The first-order valence-corrected chi connectivity index (χ1v) is 8.18. The fourth-order valence-electron chi connectivity index (χ4n) is 2.38. The fraction of sp³-hybridized carbons (Fsp3) is 0.150. The van der Waals surface area contributed by atoms with E-state index in [1.165, 1.54) is 12.1 Å². The van der Waals surface area contributed by atoms with Gasteiger partial charge in [-0.2, -0.15) is 5.26 Å². The summed E-state index contributed by atoms with van der Waals surface area (Å²) in [5, 5.41) is 11.4. The van der Waals surface area contributed by atoms with Crippen molar-refractivity contribution in [2.45, 2.75) is 0 Å². The van der Waals surface area contributed by atoms with Gasteiger partial charge in [0, 0.05) is 11.8 Å². The number of nitrogens with one attached hydrogen (secondary N) is 1. The van der Waals surface area contributed by atoms with E-state index in [2.05, 4.69) is 5.32 Å². The lowest BCUT2D eigenvalue weighted by Gasteiger charge is -2.18. The second-order valence-corrected chi connectivity index (χ2v) is 5.58. The SMILES string of the molecule is N#Cc1cccc(NC(=O)COC(=O)/C=C/c2ccc3c(c2)OCCO3)c1. The number of amides is 1. The Labute approximate surface area is 155 Å². The molecule has 1 aliphatic heterocycles. The number of rotatable bonds is 5. The number of esters is 1. The molecule has 0 aromatic heterocycles. The van der Waals surface area contributed by atoms with Gasteiger partial charge >= 0.3 is 5.97 Å². The summed E-state index contributed by atoms with van der Waals surface area (Å²) in [6, 6.07) is 13.7. The van der Waals surface area contributed by atoms with Crippen LogP contribution < -0.4 is 14.8 Å². The van der Waals surface area contributed by atoms with E-state index in [-0.39, 0.29) is 0 Å². The topological polar surface area (TPSA) is 97.7 Å². The molecule has 1 aliphatic rings. The Hall–Kier alpha value is -3.79. The molecular formula is C20H16N2O5. The molecule has 0 atom stereocenters. The Balaban J connectivity index is 1.49. The monoisotopic (exact) mass is 364 g/mol. The number of benzene rings is 2. The molecule has 2 aromatic carbocycles. The van der Waals surface area contributed by atoms with Crippen molar-refractivity contribution in [3.8, 4) is 17.6 Å². The van der Waals surface area contributed by atoms with Crippen LogP contribution in [0.3, 0.4) is 0 Å². The van der Waals surface area contributed by atoms with Crippen molar-refractivity contribution in [1.82, 2.24) is 0 Å². The summed E-state index contributed by atoms with van der Waals surface area (Å²) in [5.41, 5.74) is 1.63. The average molecular weight is 364 g/mol. The van der Waals surface area contributed by atoms with Crippen molar-refractivity contribution < 1.29 is 23.8 Å². The Morgan fingerprint density at radius 2 is 1.96 bits per heavy atom. The zero-order chi connectivity index (χ0) is 19.1. The van der Waals surface area contributed by atoms with Gasteiger partial charge in [-0.15, -0.1) is 0 Å². The van der Waals surface area contributed by atoms with Gasteiger partial charge in [0.15, 0.2) is 18.1 Å². The molecule has 0 spiro atoms. The third-order valence-corrected chi connectivity index (χ3v) is 3.60. The highest BCUT2D eigenvalue weighted by Gasteiger charge is 2.11. The number of nitriles is 1. The molecule has 27 heavy (non-hydrogen) atoms. The van der Waals surface area contributed by atoms with Crippen LogP contribution in [0.1, 0.15) is 11.1 Å². The number of carbonyl (C=O) groups excluding carboxylic acids is 2. The number of hydrogen-bond acceptors (Lipinski definition) is 6. The van der Waals surface area contributed by atoms with Crippen molar-refractivity contribution in [2.75, 3.05) is 25.1 Å². The Morgan fingerprint density at radius 3 is 2.78 bits per heavy atom. The first kappa shape index (κ1) is 18.0. The van der Waals surface area contributed by atoms with Gasteiger partial charge in [-0.1, -0.05) is 12.1 Å². The second kappa shape index (κ2) is 8.54. The van der Waals surface area contributed by atoms with Crippen molar-refractivity contribution in [3.05, 3.63) is 59.7 Å². The Morgan fingerprint density at radius 1 is 1.15 bits per heavy atom. The molecule has 1 N–H and O–H groups in total. The number of nitrogens with zero attached hydrogens (tertiary/aromatic N) is 1. The highest BCUT2D eigenvalue weighted by molar-refractivity contribution is 5.94. The van der Waals surface area contributed by atoms with Crippen molar-refractivity contribution in [1.29, 1.82) is 5.26 Å². The lowest BCUT2D eigenvalue weighted by molar-refractivity contribution is -0.142. The van der Waals surface area contributed by atoms with Crippen LogP contribution >= 0.6 is 0 Å². The molecule has 0 radical (unpaired) electrons. The molecule has 0 saturated carbocycles. The van der Waals surface area contributed by atoms with E-state index < -0.39 is 18.5 Å². The van der Waals surface area contributed by atoms with Crippen molar-refractivity contribution in [3.63, 3.8) is 0 Å². The summed E-state index contributed by atoms with van der Waals surface area (Å²) in [7, 11) is 0. The molecule has 1 amide bonds. The summed E-state index contributed by atoms with van der Waals surface area (Å²) in [6.45, 7) is 0.563. The molecule has 1 heterocycles. The third-order valence-electron chi connectivity index (χ3n) is 3.60. The van der Waals surface area contributed by atoms with E-state index in [1.807, 2.05) is 6.07 Å². The number of hydrogen-bond donors (Lipinski definition) is 1. The molecule has 3 rings (SSSR count). The van der Waals surface area contributed by atoms with Crippen LogP contribution in [0.5, 0.6) is 11.5 Å². The van der Waals surface area contributed by atoms with Crippen LogP contribution in [0.2, 0.25) is 0 Å². The van der Waals surface area contributed by atoms with E-state index >= 15 is 0 Å². The number of fused-ring (bicyclic) bond motifs is 1. The van der Waals surface area contributed by atoms with E-state index in [1.54, 1.807) is 42.5 Å². The summed E-state index contributed by atoms with van der Waals surface area (Å²) < 4.78 is 15.8.